The van der Waals surface area contributed by atoms with E-state index in [4.69, 9.17) is 5.73 Å². The highest BCUT2D eigenvalue weighted by Gasteiger charge is 2.14. The Morgan fingerprint density at radius 2 is 2.29 bits per heavy atom. The summed E-state index contributed by atoms with van der Waals surface area (Å²) in [5, 5.41) is 0. The minimum atomic E-state index is -0.217. The third-order valence-electron chi connectivity index (χ3n) is 2.57. The molecule has 2 aromatic rings. The quantitative estimate of drug-likeness (QED) is 0.940. The topological polar surface area (TPSA) is 38.9 Å². The molecule has 0 radical (unpaired) electrons. The Balaban J connectivity index is 2.21. The fourth-order valence-electron chi connectivity index (χ4n) is 1.70. The fraction of sp³-hybridized carbons (Fsp3) is 0.250. The maximum atomic E-state index is 13.6. The number of aryl methyl sites for hydroxylation is 1. The van der Waals surface area contributed by atoms with Crippen molar-refractivity contribution >= 4 is 27.3 Å². The number of aromatic nitrogens is 1. The van der Waals surface area contributed by atoms with Crippen molar-refractivity contribution in [1.29, 1.82) is 0 Å². The first kappa shape index (κ1) is 12.7. The van der Waals surface area contributed by atoms with Gasteiger partial charge < -0.3 is 5.73 Å². The molecule has 0 aliphatic carbocycles. The number of benzene rings is 1. The van der Waals surface area contributed by atoms with Crippen LogP contribution in [-0.2, 0) is 6.42 Å². The summed E-state index contributed by atoms with van der Waals surface area (Å²) in [6.45, 7) is 1.92. The van der Waals surface area contributed by atoms with Crippen LogP contribution in [0.3, 0.4) is 0 Å². The van der Waals surface area contributed by atoms with Gasteiger partial charge in [-0.15, -0.1) is 11.3 Å². The highest BCUT2D eigenvalue weighted by atomic mass is 79.9. The molecule has 0 saturated heterocycles. The zero-order valence-corrected chi connectivity index (χ0v) is 11.7. The molecule has 0 amide bonds. The van der Waals surface area contributed by atoms with E-state index in [-0.39, 0.29) is 11.9 Å². The molecule has 1 aromatic carbocycles. The van der Waals surface area contributed by atoms with Crippen LogP contribution in [0.5, 0.6) is 0 Å². The Bertz CT molecular complexity index is 527. The first-order valence-corrected chi connectivity index (χ1v) is 6.84. The van der Waals surface area contributed by atoms with E-state index >= 15 is 0 Å². The second-order valence-electron chi connectivity index (χ2n) is 3.85. The van der Waals surface area contributed by atoms with E-state index in [2.05, 4.69) is 20.9 Å². The number of hydrogen-bond donors (Lipinski definition) is 1. The molecule has 17 heavy (non-hydrogen) atoms. The molecule has 2 N–H and O–H groups in total. The van der Waals surface area contributed by atoms with Crippen LogP contribution in [0.2, 0.25) is 0 Å². The van der Waals surface area contributed by atoms with Crippen LogP contribution < -0.4 is 5.73 Å². The summed E-state index contributed by atoms with van der Waals surface area (Å²) in [5.74, 6) is -0.217. The Morgan fingerprint density at radius 3 is 2.94 bits per heavy atom. The van der Waals surface area contributed by atoms with Gasteiger partial charge in [-0.25, -0.2) is 9.37 Å². The molecule has 0 aliphatic heterocycles. The average molecular weight is 315 g/mol. The van der Waals surface area contributed by atoms with E-state index in [1.165, 1.54) is 17.4 Å². The molecule has 1 aromatic heterocycles. The molecular weight excluding hydrogens is 303 g/mol. The van der Waals surface area contributed by atoms with Crippen LogP contribution in [0.25, 0.3) is 0 Å². The predicted molar refractivity (Wildman–Crippen MR) is 71.6 cm³/mol. The van der Waals surface area contributed by atoms with Gasteiger partial charge in [-0.05, 0) is 37.1 Å². The van der Waals surface area contributed by atoms with Gasteiger partial charge in [0.05, 0.1) is 11.2 Å². The molecule has 1 unspecified atom stereocenters. The van der Waals surface area contributed by atoms with Crippen molar-refractivity contribution < 1.29 is 4.39 Å². The normalized spacial score (nSPS) is 12.7. The van der Waals surface area contributed by atoms with Gasteiger partial charge in [0.1, 0.15) is 5.82 Å². The maximum absolute atomic E-state index is 13.6. The molecule has 90 valence electrons. The van der Waals surface area contributed by atoms with Crippen LogP contribution in [0.4, 0.5) is 4.39 Å². The minimum absolute atomic E-state index is 0.203. The molecule has 0 aliphatic rings. The van der Waals surface area contributed by atoms with Gasteiger partial charge in [0, 0.05) is 15.4 Å². The second kappa shape index (κ2) is 5.25. The molecule has 2 rings (SSSR count). The average Bonchev–Trinajstić information content (AvgIpc) is 2.70. The van der Waals surface area contributed by atoms with Crippen molar-refractivity contribution in [3.8, 4) is 0 Å². The van der Waals surface area contributed by atoms with Crippen molar-refractivity contribution in [2.24, 2.45) is 5.73 Å². The SMILES string of the molecule is Cc1ncsc1C(N)Cc1cc(Br)ccc1F. The summed E-state index contributed by atoms with van der Waals surface area (Å²) in [6.07, 6.45) is 0.480. The van der Waals surface area contributed by atoms with E-state index in [1.54, 1.807) is 17.6 Å². The maximum Gasteiger partial charge on any atom is 0.126 e. The Labute approximate surface area is 112 Å². The lowest BCUT2D eigenvalue weighted by Gasteiger charge is -2.11. The zero-order valence-electron chi connectivity index (χ0n) is 9.28. The summed E-state index contributed by atoms with van der Waals surface area (Å²) in [7, 11) is 0. The lowest BCUT2D eigenvalue weighted by molar-refractivity contribution is 0.594. The molecule has 1 atom stereocenters. The molecular formula is C12H12BrFN2S. The first-order chi connectivity index (χ1) is 8.08. The van der Waals surface area contributed by atoms with E-state index in [1.807, 2.05) is 6.92 Å². The summed E-state index contributed by atoms with van der Waals surface area (Å²) in [6, 6.07) is 4.70. The van der Waals surface area contributed by atoms with Crippen LogP contribution in [0.15, 0.2) is 28.2 Å². The van der Waals surface area contributed by atoms with E-state index < -0.39 is 0 Å². The summed E-state index contributed by atoms with van der Waals surface area (Å²) < 4.78 is 14.4. The highest BCUT2D eigenvalue weighted by molar-refractivity contribution is 9.10. The van der Waals surface area contributed by atoms with Crippen LogP contribution >= 0.6 is 27.3 Å². The van der Waals surface area contributed by atoms with Crippen molar-refractivity contribution in [1.82, 2.24) is 4.98 Å². The lowest BCUT2D eigenvalue weighted by atomic mass is 10.0. The van der Waals surface area contributed by atoms with Gasteiger partial charge in [0.2, 0.25) is 0 Å². The van der Waals surface area contributed by atoms with Crippen LogP contribution in [0, 0.1) is 12.7 Å². The standard InChI is InChI=1S/C12H12BrFN2S/c1-7-12(17-6-16-7)11(15)5-8-4-9(13)2-3-10(8)14/h2-4,6,11H,5,15H2,1H3. The first-order valence-electron chi connectivity index (χ1n) is 5.17. The predicted octanol–water partition coefficient (Wildman–Crippen LogP) is 3.60. The number of halogens is 2. The Hall–Kier alpha value is -0.780. The molecule has 0 bridgehead atoms. The Morgan fingerprint density at radius 1 is 1.53 bits per heavy atom. The van der Waals surface area contributed by atoms with Crippen molar-refractivity contribution in [3.05, 3.63) is 50.1 Å². The minimum Gasteiger partial charge on any atom is -0.323 e. The van der Waals surface area contributed by atoms with Crippen LogP contribution in [-0.4, -0.2) is 4.98 Å². The molecule has 0 fully saturated rings. The molecule has 2 nitrogen and oxygen atoms in total. The molecule has 1 heterocycles. The highest BCUT2D eigenvalue weighted by Crippen LogP contribution is 2.25. The largest absolute Gasteiger partial charge is 0.323 e. The van der Waals surface area contributed by atoms with Crippen molar-refractivity contribution in [2.75, 3.05) is 0 Å². The summed E-state index contributed by atoms with van der Waals surface area (Å²) in [4.78, 5) is 5.17. The summed E-state index contributed by atoms with van der Waals surface area (Å²) >= 11 is 4.85. The third kappa shape index (κ3) is 2.91. The van der Waals surface area contributed by atoms with Gasteiger partial charge in [0.25, 0.3) is 0 Å². The zero-order chi connectivity index (χ0) is 12.4. The second-order valence-corrected chi connectivity index (χ2v) is 5.65. The molecule has 0 saturated carbocycles. The number of thiazole rings is 1. The van der Waals surface area contributed by atoms with Crippen molar-refractivity contribution in [3.63, 3.8) is 0 Å². The van der Waals surface area contributed by atoms with Gasteiger partial charge in [0.15, 0.2) is 0 Å². The van der Waals surface area contributed by atoms with Gasteiger partial charge in [-0.3, -0.25) is 0 Å². The fourth-order valence-corrected chi connectivity index (χ4v) is 2.91. The molecule has 0 spiro atoms. The van der Waals surface area contributed by atoms with E-state index in [0.717, 1.165) is 15.0 Å². The Kier molecular flexibility index (Phi) is 3.91. The number of hydrogen-bond acceptors (Lipinski definition) is 3. The number of nitrogens with zero attached hydrogens (tertiary/aromatic N) is 1. The smallest absolute Gasteiger partial charge is 0.126 e. The molecule has 5 heteroatoms. The number of nitrogens with two attached hydrogens (primary N) is 1. The van der Waals surface area contributed by atoms with E-state index in [0.29, 0.717) is 12.0 Å². The van der Waals surface area contributed by atoms with Crippen molar-refractivity contribution in [2.45, 2.75) is 19.4 Å². The van der Waals surface area contributed by atoms with Gasteiger partial charge in [-0.1, -0.05) is 15.9 Å². The number of rotatable bonds is 3. The monoisotopic (exact) mass is 314 g/mol. The van der Waals surface area contributed by atoms with E-state index in [9.17, 15) is 4.39 Å². The lowest BCUT2D eigenvalue weighted by Crippen LogP contribution is -2.14. The third-order valence-corrected chi connectivity index (χ3v) is 4.12. The van der Waals surface area contributed by atoms with Gasteiger partial charge >= 0.3 is 0 Å². The summed E-state index contributed by atoms with van der Waals surface area (Å²) in [5.41, 5.74) is 9.40. The van der Waals surface area contributed by atoms with Gasteiger partial charge in [-0.2, -0.15) is 0 Å². The van der Waals surface area contributed by atoms with Crippen LogP contribution in [0.1, 0.15) is 22.2 Å².